The van der Waals surface area contributed by atoms with Crippen LogP contribution in [0.2, 0.25) is 0 Å². The first kappa shape index (κ1) is 24.5. The third-order valence-electron chi connectivity index (χ3n) is 5.47. The van der Waals surface area contributed by atoms with E-state index in [4.69, 9.17) is 33.2 Å². The maximum Gasteiger partial charge on any atom is 0.351 e. The van der Waals surface area contributed by atoms with Crippen molar-refractivity contribution in [1.82, 2.24) is 0 Å². The highest BCUT2D eigenvalue weighted by atomic mass is 16.5. The molecule has 0 unspecified atom stereocenters. The molecule has 3 aromatic rings. The van der Waals surface area contributed by atoms with E-state index in [0.29, 0.717) is 39.9 Å². The SMILES string of the molecule is COc1cc(C=C2Oc3cc(OC(=O)c4c(OC)cccc4OC)ccc3C2=O)cc(OC)c1OC. The van der Waals surface area contributed by atoms with E-state index in [0.717, 1.165) is 0 Å². The topological polar surface area (TPSA) is 98.8 Å². The number of methoxy groups -OCH3 is 5. The summed E-state index contributed by atoms with van der Waals surface area (Å²) in [5, 5.41) is 0. The Hall–Kier alpha value is -4.66. The molecule has 0 atom stereocenters. The van der Waals surface area contributed by atoms with E-state index in [1.165, 1.54) is 53.7 Å². The highest BCUT2D eigenvalue weighted by Crippen LogP contribution is 2.40. The Morgan fingerprint density at radius 1 is 0.778 bits per heavy atom. The first-order valence-corrected chi connectivity index (χ1v) is 10.8. The number of allylic oxidation sites excluding steroid dienone is 1. The number of rotatable bonds is 8. The van der Waals surface area contributed by atoms with Crippen LogP contribution in [0.3, 0.4) is 0 Å². The highest BCUT2D eigenvalue weighted by Gasteiger charge is 2.29. The molecular weight excluding hydrogens is 468 g/mol. The van der Waals surface area contributed by atoms with Gasteiger partial charge in [-0.3, -0.25) is 4.79 Å². The van der Waals surface area contributed by atoms with Crippen LogP contribution in [0.5, 0.6) is 40.2 Å². The van der Waals surface area contributed by atoms with Gasteiger partial charge in [-0.2, -0.15) is 0 Å². The summed E-state index contributed by atoms with van der Waals surface area (Å²) >= 11 is 0. The number of esters is 1. The Bertz CT molecular complexity index is 1310. The zero-order valence-corrected chi connectivity index (χ0v) is 20.4. The molecule has 4 rings (SSSR count). The van der Waals surface area contributed by atoms with Gasteiger partial charge in [-0.25, -0.2) is 4.79 Å². The normalized spacial score (nSPS) is 13.0. The van der Waals surface area contributed by atoms with Crippen LogP contribution in [-0.4, -0.2) is 47.3 Å². The van der Waals surface area contributed by atoms with E-state index in [9.17, 15) is 9.59 Å². The standard InChI is InChI=1S/C27H24O9/c1-30-18-7-6-8-19(31-2)24(18)27(29)35-16-9-10-17-20(14-16)36-21(25(17)28)11-15-12-22(32-3)26(34-5)23(13-15)33-4/h6-14H,1-5H3. The van der Waals surface area contributed by atoms with Crippen molar-refractivity contribution in [3.8, 4) is 40.2 Å². The molecule has 0 amide bonds. The largest absolute Gasteiger partial charge is 0.496 e. The zero-order chi connectivity index (χ0) is 25.8. The summed E-state index contributed by atoms with van der Waals surface area (Å²) < 4.78 is 37.9. The van der Waals surface area contributed by atoms with Crippen molar-refractivity contribution in [3.05, 3.63) is 71.0 Å². The van der Waals surface area contributed by atoms with Crippen molar-refractivity contribution in [2.75, 3.05) is 35.5 Å². The Morgan fingerprint density at radius 2 is 1.39 bits per heavy atom. The lowest BCUT2D eigenvalue weighted by Crippen LogP contribution is -2.12. The fourth-order valence-electron chi connectivity index (χ4n) is 3.78. The van der Waals surface area contributed by atoms with Gasteiger partial charge in [0.15, 0.2) is 17.3 Å². The Labute approximate surface area is 207 Å². The Kier molecular flexibility index (Phi) is 7.00. The van der Waals surface area contributed by atoms with Gasteiger partial charge in [-0.15, -0.1) is 0 Å². The highest BCUT2D eigenvalue weighted by molar-refractivity contribution is 6.14. The quantitative estimate of drug-likeness (QED) is 0.254. The second kappa shape index (κ2) is 10.3. The molecule has 0 aliphatic carbocycles. The molecule has 186 valence electrons. The predicted octanol–water partition coefficient (Wildman–Crippen LogP) is 4.57. The molecule has 0 aromatic heterocycles. The lowest BCUT2D eigenvalue weighted by molar-refractivity contribution is 0.0727. The third-order valence-corrected chi connectivity index (χ3v) is 5.47. The van der Waals surface area contributed by atoms with Crippen molar-refractivity contribution in [1.29, 1.82) is 0 Å². The van der Waals surface area contributed by atoms with Crippen molar-refractivity contribution in [3.63, 3.8) is 0 Å². The maximum absolute atomic E-state index is 12.9. The second-order valence-electron chi connectivity index (χ2n) is 7.48. The van der Waals surface area contributed by atoms with Crippen LogP contribution < -0.4 is 33.2 Å². The van der Waals surface area contributed by atoms with Crippen molar-refractivity contribution < 1.29 is 42.7 Å². The molecule has 1 aliphatic rings. The summed E-state index contributed by atoms with van der Waals surface area (Å²) in [4.78, 5) is 25.8. The van der Waals surface area contributed by atoms with Crippen molar-refractivity contribution in [2.45, 2.75) is 0 Å². The van der Waals surface area contributed by atoms with E-state index in [2.05, 4.69) is 0 Å². The van der Waals surface area contributed by atoms with E-state index in [-0.39, 0.29) is 28.6 Å². The summed E-state index contributed by atoms with van der Waals surface area (Å²) in [6.07, 6.45) is 1.57. The van der Waals surface area contributed by atoms with Gasteiger partial charge in [-0.1, -0.05) is 6.07 Å². The van der Waals surface area contributed by atoms with Gasteiger partial charge >= 0.3 is 5.97 Å². The summed E-state index contributed by atoms with van der Waals surface area (Å²) in [5.41, 5.74) is 1.09. The zero-order valence-electron chi connectivity index (χ0n) is 20.4. The number of carbonyl (C=O) groups is 2. The van der Waals surface area contributed by atoms with Gasteiger partial charge in [0.1, 0.15) is 28.6 Å². The fraction of sp³-hybridized carbons (Fsp3) is 0.185. The molecule has 9 heteroatoms. The molecule has 9 nitrogen and oxygen atoms in total. The minimum absolute atomic E-state index is 0.0918. The average molecular weight is 492 g/mol. The molecule has 3 aromatic carbocycles. The molecule has 0 saturated heterocycles. The number of hydrogen-bond acceptors (Lipinski definition) is 9. The molecule has 1 heterocycles. The summed E-state index contributed by atoms with van der Waals surface area (Å²) in [5.74, 6) is 1.47. The van der Waals surface area contributed by atoms with Crippen molar-refractivity contribution in [2.24, 2.45) is 0 Å². The summed E-state index contributed by atoms with van der Waals surface area (Å²) in [7, 11) is 7.41. The van der Waals surface area contributed by atoms with Crippen LogP contribution >= 0.6 is 0 Å². The molecule has 0 fully saturated rings. The van der Waals surface area contributed by atoms with Crippen molar-refractivity contribution >= 4 is 17.8 Å². The van der Waals surface area contributed by atoms with Crippen LogP contribution in [-0.2, 0) is 0 Å². The molecule has 0 spiro atoms. The Morgan fingerprint density at radius 3 is 1.94 bits per heavy atom. The lowest BCUT2D eigenvalue weighted by atomic mass is 10.1. The number of Topliss-reactive ketones (excluding diaryl/α,β-unsaturated/α-hetero) is 1. The molecule has 0 saturated carbocycles. The summed E-state index contributed by atoms with van der Waals surface area (Å²) in [6.45, 7) is 0. The number of hydrogen-bond donors (Lipinski definition) is 0. The number of carbonyl (C=O) groups excluding carboxylic acids is 2. The van der Waals surface area contributed by atoms with E-state index in [1.54, 1.807) is 36.4 Å². The van der Waals surface area contributed by atoms with Gasteiger partial charge in [0.25, 0.3) is 0 Å². The van der Waals surface area contributed by atoms with Crippen LogP contribution in [0.4, 0.5) is 0 Å². The lowest BCUT2D eigenvalue weighted by Gasteiger charge is -2.13. The molecule has 0 N–H and O–H groups in total. The number of ketones is 1. The molecule has 0 bridgehead atoms. The number of fused-ring (bicyclic) bond motifs is 1. The minimum Gasteiger partial charge on any atom is -0.496 e. The van der Waals surface area contributed by atoms with Gasteiger partial charge in [0.2, 0.25) is 11.5 Å². The van der Waals surface area contributed by atoms with Crippen LogP contribution in [0.1, 0.15) is 26.3 Å². The van der Waals surface area contributed by atoms with Gasteiger partial charge in [0, 0.05) is 6.07 Å². The molecule has 0 radical (unpaired) electrons. The van der Waals surface area contributed by atoms with Gasteiger partial charge in [0.05, 0.1) is 41.1 Å². The molecule has 1 aliphatic heterocycles. The monoisotopic (exact) mass is 492 g/mol. The van der Waals surface area contributed by atoms with Gasteiger partial charge in [-0.05, 0) is 48.0 Å². The first-order valence-electron chi connectivity index (χ1n) is 10.8. The Balaban J connectivity index is 1.61. The smallest absolute Gasteiger partial charge is 0.351 e. The fourth-order valence-corrected chi connectivity index (χ4v) is 3.78. The van der Waals surface area contributed by atoms with Crippen LogP contribution in [0, 0.1) is 0 Å². The van der Waals surface area contributed by atoms with Crippen LogP contribution in [0.15, 0.2) is 54.3 Å². The van der Waals surface area contributed by atoms with E-state index in [1.807, 2.05) is 0 Å². The number of ether oxygens (including phenoxy) is 7. The molecule has 36 heavy (non-hydrogen) atoms. The van der Waals surface area contributed by atoms with Crippen LogP contribution in [0.25, 0.3) is 6.08 Å². The summed E-state index contributed by atoms with van der Waals surface area (Å²) in [6, 6.07) is 12.9. The number of benzene rings is 3. The average Bonchev–Trinajstić information content (AvgIpc) is 3.21. The first-order chi connectivity index (χ1) is 17.4. The maximum atomic E-state index is 12.9. The predicted molar refractivity (Wildman–Crippen MR) is 130 cm³/mol. The van der Waals surface area contributed by atoms with E-state index < -0.39 is 5.97 Å². The van der Waals surface area contributed by atoms with Gasteiger partial charge < -0.3 is 33.2 Å². The minimum atomic E-state index is -0.679. The second-order valence-corrected chi connectivity index (χ2v) is 7.48. The van der Waals surface area contributed by atoms with E-state index >= 15 is 0 Å². The third kappa shape index (κ3) is 4.50. The molecular formula is C27H24O9.